The van der Waals surface area contributed by atoms with Crippen LogP contribution in [0.2, 0.25) is 0 Å². The van der Waals surface area contributed by atoms with Crippen molar-refractivity contribution in [2.24, 2.45) is 0 Å². The molecule has 1 atom stereocenters. The molecule has 1 unspecified atom stereocenters. The largest absolute Gasteiger partial charge is 0.346 e. The lowest BCUT2D eigenvalue weighted by Crippen LogP contribution is -2.41. The fourth-order valence-electron chi connectivity index (χ4n) is 2.50. The summed E-state index contributed by atoms with van der Waals surface area (Å²) < 4.78 is 0. The number of thiocarbonyl (C=S) groups is 1. The molecule has 0 saturated carbocycles. The second-order valence-corrected chi connectivity index (χ2v) is 5.48. The number of nitro groups is 1. The summed E-state index contributed by atoms with van der Waals surface area (Å²) in [6.07, 6.45) is 4.66. The second kappa shape index (κ2) is 6.65. The molecule has 2 rings (SSSR count). The van der Waals surface area contributed by atoms with Gasteiger partial charge in [-0.3, -0.25) is 10.1 Å². The summed E-state index contributed by atoms with van der Waals surface area (Å²) in [7, 11) is 0. The first kappa shape index (κ1) is 14.7. The van der Waals surface area contributed by atoms with Gasteiger partial charge in [0.05, 0.1) is 4.92 Å². The molecule has 0 spiro atoms. The summed E-state index contributed by atoms with van der Waals surface area (Å²) in [5, 5.41) is 14.6. The molecule has 1 aliphatic heterocycles. The Morgan fingerprint density at radius 3 is 2.90 bits per heavy atom. The van der Waals surface area contributed by atoms with E-state index in [1.54, 1.807) is 18.2 Å². The van der Waals surface area contributed by atoms with Crippen molar-refractivity contribution >= 4 is 28.7 Å². The molecule has 1 aromatic carbocycles. The molecule has 1 saturated heterocycles. The van der Waals surface area contributed by atoms with Crippen molar-refractivity contribution in [3.05, 3.63) is 34.4 Å². The van der Waals surface area contributed by atoms with Crippen LogP contribution in [0.25, 0.3) is 0 Å². The van der Waals surface area contributed by atoms with Crippen LogP contribution in [0.4, 0.5) is 11.4 Å². The maximum absolute atomic E-state index is 11.0. The highest BCUT2D eigenvalue weighted by atomic mass is 32.1. The SMILES string of the molecule is CC1CCCCCN1C(=S)Nc1ccccc1[N+](=O)[O-]. The lowest BCUT2D eigenvalue weighted by Gasteiger charge is -2.29. The molecular formula is C14H19N3O2S. The van der Waals surface area contributed by atoms with Crippen LogP contribution in [0, 0.1) is 10.1 Å². The number of nitrogens with one attached hydrogen (secondary N) is 1. The van der Waals surface area contributed by atoms with Gasteiger partial charge in [-0.25, -0.2) is 0 Å². The maximum atomic E-state index is 11.0. The van der Waals surface area contributed by atoms with E-state index in [0.29, 0.717) is 16.8 Å². The van der Waals surface area contributed by atoms with Crippen molar-refractivity contribution < 1.29 is 4.92 Å². The normalized spacial score (nSPS) is 19.2. The number of benzene rings is 1. The zero-order chi connectivity index (χ0) is 14.5. The Hall–Kier alpha value is -1.69. The van der Waals surface area contributed by atoms with Gasteiger partial charge < -0.3 is 10.2 Å². The highest BCUT2D eigenvalue weighted by Gasteiger charge is 2.21. The molecule has 0 radical (unpaired) electrons. The summed E-state index contributed by atoms with van der Waals surface area (Å²) >= 11 is 5.43. The Balaban J connectivity index is 2.13. The molecule has 1 N–H and O–H groups in total. The van der Waals surface area contributed by atoms with E-state index in [0.717, 1.165) is 19.4 Å². The van der Waals surface area contributed by atoms with E-state index >= 15 is 0 Å². The molecule has 108 valence electrons. The zero-order valence-corrected chi connectivity index (χ0v) is 12.4. The summed E-state index contributed by atoms with van der Waals surface area (Å²) in [6.45, 7) is 3.06. The first-order chi connectivity index (χ1) is 9.59. The van der Waals surface area contributed by atoms with Crippen LogP contribution in [0.15, 0.2) is 24.3 Å². The summed E-state index contributed by atoms with van der Waals surface area (Å²) in [6, 6.07) is 6.97. The van der Waals surface area contributed by atoms with E-state index < -0.39 is 4.92 Å². The molecule has 6 heteroatoms. The molecule has 0 aliphatic carbocycles. The fourth-order valence-corrected chi connectivity index (χ4v) is 2.88. The van der Waals surface area contributed by atoms with Gasteiger partial charge in [0.25, 0.3) is 5.69 Å². The van der Waals surface area contributed by atoms with E-state index in [-0.39, 0.29) is 5.69 Å². The Labute approximate surface area is 124 Å². The summed E-state index contributed by atoms with van der Waals surface area (Å²) in [5.74, 6) is 0. The third kappa shape index (κ3) is 3.45. The highest BCUT2D eigenvalue weighted by Crippen LogP contribution is 2.25. The van der Waals surface area contributed by atoms with Gasteiger partial charge in [-0.1, -0.05) is 25.0 Å². The maximum Gasteiger partial charge on any atom is 0.292 e. The number of likely N-dealkylation sites (tertiary alicyclic amines) is 1. The second-order valence-electron chi connectivity index (χ2n) is 5.10. The standard InChI is InChI=1S/C14H19N3O2S/c1-11-7-3-2-6-10-16(11)14(20)15-12-8-4-5-9-13(12)17(18)19/h4-5,8-9,11H,2-3,6-7,10H2,1H3,(H,15,20). The van der Waals surface area contributed by atoms with Crippen LogP contribution in [0.1, 0.15) is 32.6 Å². The average molecular weight is 293 g/mol. The molecule has 1 fully saturated rings. The van der Waals surface area contributed by atoms with Gasteiger partial charge in [0.15, 0.2) is 5.11 Å². The topological polar surface area (TPSA) is 58.4 Å². The van der Waals surface area contributed by atoms with Gasteiger partial charge in [-0.15, -0.1) is 0 Å². The van der Waals surface area contributed by atoms with Crippen LogP contribution < -0.4 is 5.32 Å². The number of hydrogen-bond donors (Lipinski definition) is 1. The first-order valence-corrected chi connectivity index (χ1v) is 7.31. The van der Waals surface area contributed by atoms with Crippen molar-refractivity contribution in [2.75, 3.05) is 11.9 Å². The van der Waals surface area contributed by atoms with Crippen molar-refractivity contribution in [1.82, 2.24) is 4.90 Å². The van der Waals surface area contributed by atoms with Gasteiger partial charge in [0, 0.05) is 18.7 Å². The van der Waals surface area contributed by atoms with E-state index in [4.69, 9.17) is 12.2 Å². The lowest BCUT2D eigenvalue weighted by atomic mass is 10.1. The van der Waals surface area contributed by atoms with Crippen molar-refractivity contribution in [3.8, 4) is 0 Å². The minimum absolute atomic E-state index is 0.0531. The molecule has 5 nitrogen and oxygen atoms in total. The van der Waals surface area contributed by atoms with Crippen LogP contribution in [0.5, 0.6) is 0 Å². The Morgan fingerprint density at radius 1 is 1.40 bits per heavy atom. The van der Waals surface area contributed by atoms with Gasteiger partial charge in [-0.05, 0) is 38.0 Å². The average Bonchev–Trinajstić information content (AvgIpc) is 2.63. The molecule has 0 aromatic heterocycles. The fraction of sp³-hybridized carbons (Fsp3) is 0.500. The lowest BCUT2D eigenvalue weighted by molar-refractivity contribution is -0.383. The first-order valence-electron chi connectivity index (χ1n) is 6.90. The number of para-hydroxylation sites is 2. The predicted octanol–water partition coefficient (Wildman–Crippen LogP) is 3.56. The zero-order valence-electron chi connectivity index (χ0n) is 11.5. The van der Waals surface area contributed by atoms with Crippen LogP contribution in [0.3, 0.4) is 0 Å². The van der Waals surface area contributed by atoms with Crippen molar-refractivity contribution in [2.45, 2.75) is 38.6 Å². The van der Waals surface area contributed by atoms with Crippen LogP contribution in [-0.4, -0.2) is 27.5 Å². The molecule has 0 bridgehead atoms. The van der Waals surface area contributed by atoms with E-state index in [2.05, 4.69) is 17.1 Å². The van der Waals surface area contributed by atoms with Gasteiger partial charge in [0.2, 0.25) is 0 Å². The third-order valence-electron chi connectivity index (χ3n) is 3.66. The highest BCUT2D eigenvalue weighted by molar-refractivity contribution is 7.80. The number of anilines is 1. The molecule has 0 amide bonds. The molecule has 1 aromatic rings. The van der Waals surface area contributed by atoms with Gasteiger partial charge >= 0.3 is 0 Å². The molecular weight excluding hydrogens is 274 g/mol. The Bertz CT molecular complexity index is 507. The minimum atomic E-state index is -0.392. The van der Waals surface area contributed by atoms with Crippen molar-refractivity contribution in [1.29, 1.82) is 0 Å². The summed E-state index contributed by atoms with van der Waals surface area (Å²) in [4.78, 5) is 12.8. The van der Waals surface area contributed by atoms with Gasteiger partial charge in [-0.2, -0.15) is 0 Å². The number of nitro benzene ring substituents is 1. The Morgan fingerprint density at radius 2 is 2.15 bits per heavy atom. The molecule has 20 heavy (non-hydrogen) atoms. The number of rotatable bonds is 2. The van der Waals surface area contributed by atoms with E-state index in [9.17, 15) is 10.1 Å². The minimum Gasteiger partial charge on any atom is -0.346 e. The third-order valence-corrected chi connectivity index (χ3v) is 3.99. The molecule has 1 aliphatic rings. The number of nitrogens with zero attached hydrogens (tertiary/aromatic N) is 2. The van der Waals surface area contributed by atoms with Crippen molar-refractivity contribution in [3.63, 3.8) is 0 Å². The van der Waals surface area contributed by atoms with Crippen LogP contribution in [-0.2, 0) is 0 Å². The summed E-state index contributed by atoms with van der Waals surface area (Å²) in [5.41, 5.74) is 0.510. The smallest absolute Gasteiger partial charge is 0.292 e. The van der Waals surface area contributed by atoms with E-state index in [1.807, 2.05) is 0 Å². The quantitative estimate of drug-likeness (QED) is 0.513. The van der Waals surface area contributed by atoms with Crippen LogP contribution >= 0.6 is 12.2 Å². The van der Waals surface area contributed by atoms with E-state index in [1.165, 1.54) is 18.9 Å². The Kier molecular flexibility index (Phi) is 4.89. The molecule has 1 heterocycles. The number of hydrogen-bond acceptors (Lipinski definition) is 3. The monoisotopic (exact) mass is 293 g/mol. The van der Waals surface area contributed by atoms with Gasteiger partial charge in [0.1, 0.15) is 5.69 Å². The predicted molar refractivity (Wildman–Crippen MR) is 84.0 cm³/mol.